The van der Waals surface area contributed by atoms with Crippen LogP contribution in [0.2, 0.25) is 0 Å². The van der Waals surface area contributed by atoms with E-state index in [2.05, 4.69) is 5.32 Å². The Morgan fingerprint density at radius 3 is 2.13 bits per heavy atom. The number of amides is 1. The highest BCUT2D eigenvalue weighted by atomic mass is 16.4. The van der Waals surface area contributed by atoms with Gasteiger partial charge in [-0.15, -0.1) is 0 Å². The van der Waals surface area contributed by atoms with Crippen molar-refractivity contribution in [1.82, 2.24) is 5.32 Å². The van der Waals surface area contributed by atoms with Crippen molar-refractivity contribution in [2.45, 2.75) is 44.6 Å². The Hall–Kier alpha value is -2.44. The molecule has 5 N–H and O–H groups in total. The molecule has 0 spiro atoms. The van der Waals surface area contributed by atoms with Crippen LogP contribution in [0.3, 0.4) is 0 Å². The summed E-state index contributed by atoms with van der Waals surface area (Å²) in [5, 5.41) is 39.9. The molecule has 1 fully saturated rings. The molecule has 1 saturated carbocycles. The van der Waals surface area contributed by atoms with Crippen LogP contribution in [0.25, 0.3) is 0 Å². The number of phenols is 3. The summed E-state index contributed by atoms with van der Waals surface area (Å²) in [5.74, 6) is -2.67. The molecule has 0 saturated heterocycles. The maximum atomic E-state index is 11.9. The van der Waals surface area contributed by atoms with Crippen molar-refractivity contribution < 1.29 is 30.0 Å². The third kappa shape index (κ3) is 4.51. The minimum atomic E-state index is -0.776. The van der Waals surface area contributed by atoms with Crippen LogP contribution in [0.5, 0.6) is 17.2 Å². The number of nitrogens with one attached hydrogen (secondary N) is 1. The first-order chi connectivity index (χ1) is 10.9. The number of aromatic hydroxyl groups is 3. The second kappa shape index (κ2) is 7.21. The topological polar surface area (TPSA) is 127 Å². The van der Waals surface area contributed by atoms with Gasteiger partial charge in [0.25, 0.3) is 0 Å². The molecule has 1 aliphatic rings. The van der Waals surface area contributed by atoms with Crippen LogP contribution >= 0.6 is 0 Å². The van der Waals surface area contributed by atoms with Crippen molar-refractivity contribution >= 4 is 11.9 Å². The van der Waals surface area contributed by atoms with Gasteiger partial charge in [-0.25, -0.2) is 0 Å². The van der Waals surface area contributed by atoms with Gasteiger partial charge in [0, 0.05) is 12.5 Å². The summed E-state index contributed by atoms with van der Waals surface area (Å²) < 4.78 is 0. The lowest BCUT2D eigenvalue weighted by molar-refractivity contribution is -0.142. The fraction of sp³-hybridized carbons (Fsp3) is 0.500. The summed E-state index contributed by atoms with van der Waals surface area (Å²) in [6, 6.07) is 2.61. The first kappa shape index (κ1) is 16.9. The van der Waals surface area contributed by atoms with Crippen LogP contribution in [0.1, 0.15) is 37.7 Å². The molecule has 0 radical (unpaired) electrons. The number of hydrogen-bond donors (Lipinski definition) is 5. The van der Waals surface area contributed by atoms with Gasteiger partial charge < -0.3 is 25.7 Å². The van der Waals surface area contributed by atoms with E-state index in [9.17, 15) is 24.9 Å². The van der Waals surface area contributed by atoms with Crippen molar-refractivity contribution in [3.05, 3.63) is 17.7 Å². The summed E-state index contributed by atoms with van der Waals surface area (Å²) in [4.78, 5) is 22.8. The van der Waals surface area contributed by atoms with Gasteiger partial charge in [-0.1, -0.05) is 0 Å². The molecule has 2 rings (SSSR count). The van der Waals surface area contributed by atoms with Gasteiger partial charge in [0.1, 0.15) is 0 Å². The van der Waals surface area contributed by atoms with Crippen LogP contribution in [0.15, 0.2) is 12.1 Å². The highest BCUT2D eigenvalue weighted by molar-refractivity contribution is 5.76. The van der Waals surface area contributed by atoms with Gasteiger partial charge in [0.15, 0.2) is 17.2 Å². The monoisotopic (exact) mass is 323 g/mol. The standard InChI is InChI=1S/C16H21NO6/c18-12-7-9(8-13(19)15(12)21)1-6-14(20)17-11-4-2-10(3-5-11)16(22)23/h7-8,10-11,18-19,21H,1-6H2,(H,17,20)(H,22,23)/t10-,11+. The van der Waals surface area contributed by atoms with Crippen molar-refractivity contribution in [2.24, 2.45) is 5.92 Å². The Morgan fingerprint density at radius 1 is 1.04 bits per heavy atom. The maximum Gasteiger partial charge on any atom is 0.306 e. The van der Waals surface area contributed by atoms with Crippen LogP contribution in [0.4, 0.5) is 0 Å². The molecule has 0 aromatic heterocycles. The summed E-state index contributed by atoms with van der Waals surface area (Å²) in [6.07, 6.45) is 2.95. The smallest absolute Gasteiger partial charge is 0.306 e. The largest absolute Gasteiger partial charge is 0.504 e. The zero-order valence-electron chi connectivity index (χ0n) is 12.7. The number of phenolic OH excluding ortho intramolecular Hbond substituents is 3. The number of carbonyl (C=O) groups is 2. The predicted molar refractivity (Wildman–Crippen MR) is 81.3 cm³/mol. The van der Waals surface area contributed by atoms with Gasteiger partial charge >= 0.3 is 5.97 Å². The van der Waals surface area contributed by atoms with Gasteiger partial charge in [-0.2, -0.15) is 0 Å². The first-order valence-electron chi connectivity index (χ1n) is 7.62. The molecule has 126 valence electrons. The van der Waals surface area contributed by atoms with E-state index in [1.807, 2.05) is 0 Å². The predicted octanol–water partition coefficient (Wildman–Crippen LogP) is 1.50. The number of rotatable bonds is 5. The fourth-order valence-corrected chi connectivity index (χ4v) is 2.85. The van der Waals surface area contributed by atoms with Crippen molar-refractivity contribution in [1.29, 1.82) is 0 Å². The van der Waals surface area contributed by atoms with Crippen LogP contribution in [-0.2, 0) is 16.0 Å². The molecule has 0 atom stereocenters. The number of benzene rings is 1. The van der Waals surface area contributed by atoms with Crippen LogP contribution < -0.4 is 5.32 Å². The van der Waals surface area contributed by atoms with E-state index in [0.717, 1.165) is 0 Å². The van der Waals surface area contributed by atoms with E-state index < -0.39 is 23.2 Å². The zero-order chi connectivity index (χ0) is 17.0. The van der Waals surface area contributed by atoms with E-state index in [1.165, 1.54) is 12.1 Å². The van der Waals surface area contributed by atoms with E-state index in [-0.39, 0.29) is 24.3 Å². The molecule has 7 heteroatoms. The quantitative estimate of drug-likeness (QED) is 0.523. The number of aryl methyl sites for hydroxylation is 1. The van der Waals surface area contributed by atoms with E-state index in [0.29, 0.717) is 37.7 Å². The Labute approximate surface area is 133 Å². The van der Waals surface area contributed by atoms with Crippen LogP contribution in [0, 0.1) is 5.92 Å². The molecular formula is C16H21NO6. The maximum absolute atomic E-state index is 11.9. The highest BCUT2D eigenvalue weighted by Gasteiger charge is 2.26. The number of aliphatic carboxylic acids is 1. The molecule has 1 aromatic carbocycles. The highest BCUT2D eigenvalue weighted by Crippen LogP contribution is 2.35. The molecule has 0 unspecified atom stereocenters. The average molecular weight is 323 g/mol. The summed E-state index contributed by atoms with van der Waals surface area (Å²) in [7, 11) is 0. The summed E-state index contributed by atoms with van der Waals surface area (Å²) in [6.45, 7) is 0. The second-order valence-corrected chi connectivity index (χ2v) is 5.94. The number of carbonyl (C=O) groups excluding carboxylic acids is 1. The Balaban J connectivity index is 1.79. The van der Waals surface area contributed by atoms with E-state index in [4.69, 9.17) is 5.11 Å². The molecule has 1 aliphatic carbocycles. The SMILES string of the molecule is O=C(CCc1cc(O)c(O)c(O)c1)N[C@H]1CC[C@@H](C(=O)O)CC1. The normalized spacial score (nSPS) is 20.9. The molecule has 0 heterocycles. The Bertz CT molecular complexity index is 569. The third-order valence-corrected chi connectivity index (χ3v) is 4.21. The first-order valence-corrected chi connectivity index (χ1v) is 7.62. The van der Waals surface area contributed by atoms with Crippen LogP contribution in [-0.4, -0.2) is 38.3 Å². The molecular weight excluding hydrogens is 302 g/mol. The van der Waals surface area contributed by atoms with Crippen molar-refractivity contribution in [3.63, 3.8) is 0 Å². The Kier molecular flexibility index (Phi) is 5.31. The molecule has 0 aliphatic heterocycles. The van der Waals surface area contributed by atoms with Gasteiger partial charge in [-0.3, -0.25) is 9.59 Å². The lowest BCUT2D eigenvalue weighted by Crippen LogP contribution is -2.38. The summed E-state index contributed by atoms with van der Waals surface area (Å²) in [5.41, 5.74) is 0.544. The van der Waals surface area contributed by atoms with Crippen molar-refractivity contribution in [2.75, 3.05) is 0 Å². The van der Waals surface area contributed by atoms with Crippen molar-refractivity contribution in [3.8, 4) is 17.2 Å². The lowest BCUT2D eigenvalue weighted by atomic mass is 9.86. The number of carboxylic acid groups (broad SMARTS) is 1. The van der Waals surface area contributed by atoms with E-state index in [1.54, 1.807) is 0 Å². The van der Waals surface area contributed by atoms with Gasteiger partial charge in [0.05, 0.1) is 5.92 Å². The average Bonchev–Trinajstić information content (AvgIpc) is 2.51. The third-order valence-electron chi connectivity index (χ3n) is 4.21. The molecule has 7 nitrogen and oxygen atoms in total. The van der Waals surface area contributed by atoms with Gasteiger partial charge in [-0.05, 0) is 49.8 Å². The molecule has 0 bridgehead atoms. The number of hydrogen-bond acceptors (Lipinski definition) is 5. The number of carboxylic acids is 1. The second-order valence-electron chi connectivity index (χ2n) is 5.94. The fourth-order valence-electron chi connectivity index (χ4n) is 2.85. The molecule has 1 aromatic rings. The van der Waals surface area contributed by atoms with E-state index >= 15 is 0 Å². The molecule has 23 heavy (non-hydrogen) atoms. The minimum absolute atomic E-state index is 0.000256. The summed E-state index contributed by atoms with van der Waals surface area (Å²) >= 11 is 0. The Morgan fingerprint density at radius 2 is 1.61 bits per heavy atom. The zero-order valence-corrected chi connectivity index (χ0v) is 12.7. The lowest BCUT2D eigenvalue weighted by Gasteiger charge is -2.26. The minimum Gasteiger partial charge on any atom is -0.504 e. The molecule has 1 amide bonds. The van der Waals surface area contributed by atoms with Gasteiger partial charge in [0.2, 0.25) is 5.91 Å².